The highest BCUT2D eigenvalue weighted by Gasteiger charge is 2.27. The Balaban J connectivity index is 2.17. The van der Waals surface area contributed by atoms with Crippen LogP contribution >= 0.6 is 0 Å². The molecule has 2 N–H and O–H groups in total. The minimum Gasteiger partial charge on any atom is -0.324 e. The van der Waals surface area contributed by atoms with Gasteiger partial charge >= 0.3 is 0 Å². The number of halogens is 3. The highest BCUT2D eigenvalue weighted by atomic mass is 19.2. The van der Waals surface area contributed by atoms with Gasteiger partial charge in [-0.05, 0) is 42.4 Å². The predicted octanol–water partition coefficient (Wildman–Crippen LogP) is 4.32. The Labute approximate surface area is 112 Å². The first kappa shape index (κ1) is 14.4. The van der Waals surface area contributed by atoms with Crippen LogP contribution in [-0.4, -0.2) is 0 Å². The smallest absolute Gasteiger partial charge is 0.194 e. The van der Waals surface area contributed by atoms with E-state index in [9.17, 15) is 13.2 Å². The van der Waals surface area contributed by atoms with E-state index < -0.39 is 23.5 Å². The molecule has 1 fully saturated rings. The van der Waals surface area contributed by atoms with Crippen molar-refractivity contribution < 1.29 is 13.2 Å². The maximum atomic E-state index is 13.2. The van der Waals surface area contributed by atoms with E-state index in [1.807, 2.05) is 0 Å². The van der Waals surface area contributed by atoms with Gasteiger partial charge in [0.05, 0.1) is 0 Å². The van der Waals surface area contributed by atoms with Gasteiger partial charge in [0.1, 0.15) is 0 Å². The Hall–Kier alpha value is -1.03. The average molecular weight is 271 g/mol. The fraction of sp³-hybridized carbons (Fsp3) is 0.600. The quantitative estimate of drug-likeness (QED) is 0.814. The zero-order valence-electron chi connectivity index (χ0n) is 11.1. The number of benzene rings is 1. The molecule has 1 aromatic carbocycles. The van der Waals surface area contributed by atoms with Gasteiger partial charge in [0.25, 0.3) is 0 Å². The molecule has 2 rings (SSSR count). The van der Waals surface area contributed by atoms with E-state index in [2.05, 4.69) is 6.92 Å². The summed E-state index contributed by atoms with van der Waals surface area (Å²) in [4.78, 5) is 0. The summed E-state index contributed by atoms with van der Waals surface area (Å²) in [5.74, 6) is -2.88. The average Bonchev–Trinajstić information content (AvgIpc) is 2.43. The van der Waals surface area contributed by atoms with Crippen LogP contribution in [0.3, 0.4) is 0 Å². The van der Waals surface area contributed by atoms with E-state index in [0.717, 1.165) is 37.8 Å². The summed E-state index contributed by atoms with van der Waals surface area (Å²) in [5.41, 5.74) is 6.48. The minimum atomic E-state index is -1.42. The van der Waals surface area contributed by atoms with E-state index in [1.165, 1.54) is 6.42 Å². The van der Waals surface area contributed by atoms with Crippen LogP contribution in [0, 0.1) is 29.3 Å². The van der Waals surface area contributed by atoms with E-state index in [1.54, 1.807) is 0 Å². The molecule has 1 aromatic rings. The van der Waals surface area contributed by atoms with Crippen LogP contribution in [0.4, 0.5) is 13.2 Å². The molecule has 1 aliphatic carbocycles. The Morgan fingerprint density at radius 3 is 2.42 bits per heavy atom. The lowest BCUT2D eigenvalue weighted by Crippen LogP contribution is -2.27. The summed E-state index contributed by atoms with van der Waals surface area (Å²) in [7, 11) is 0. The predicted molar refractivity (Wildman–Crippen MR) is 69.0 cm³/mol. The van der Waals surface area contributed by atoms with Crippen LogP contribution in [0.5, 0.6) is 0 Å². The van der Waals surface area contributed by atoms with Crippen molar-refractivity contribution in [2.45, 2.75) is 45.1 Å². The fourth-order valence-corrected chi connectivity index (χ4v) is 3.07. The molecule has 0 amide bonds. The Kier molecular flexibility index (Phi) is 4.50. The SMILES string of the molecule is CCC1CCCC(C(N)c2cc(F)c(F)c(F)c2)C1. The largest absolute Gasteiger partial charge is 0.324 e. The second kappa shape index (κ2) is 5.95. The van der Waals surface area contributed by atoms with Crippen molar-refractivity contribution in [1.82, 2.24) is 0 Å². The first-order valence-corrected chi connectivity index (χ1v) is 6.93. The third kappa shape index (κ3) is 3.11. The van der Waals surface area contributed by atoms with Crippen LogP contribution in [0.15, 0.2) is 12.1 Å². The van der Waals surface area contributed by atoms with Gasteiger partial charge in [-0.15, -0.1) is 0 Å². The fourth-order valence-electron chi connectivity index (χ4n) is 3.07. The lowest BCUT2D eigenvalue weighted by Gasteiger charge is -2.32. The second-order valence-corrected chi connectivity index (χ2v) is 5.53. The molecule has 0 radical (unpaired) electrons. The van der Waals surface area contributed by atoms with Crippen LogP contribution in [0.1, 0.15) is 50.6 Å². The summed E-state index contributed by atoms with van der Waals surface area (Å²) in [6.45, 7) is 2.15. The molecule has 19 heavy (non-hydrogen) atoms. The minimum absolute atomic E-state index is 0.225. The number of hydrogen-bond donors (Lipinski definition) is 1. The van der Waals surface area contributed by atoms with Gasteiger partial charge in [0.15, 0.2) is 17.5 Å². The molecule has 3 unspecified atom stereocenters. The zero-order chi connectivity index (χ0) is 14.0. The van der Waals surface area contributed by atoms with Gasteiger partial charge in [-0.25, -0.2) is 13.2 Å². The highest BCUT2D eigenvalue weighted by Crippen LogP contribution is 2.37. The molecular weight excluding hydrogens is 251 g/mol. The van der Waals surface area contributed by atoms with Gasteiger partial charge in [-0.1, -0.05) is 26.2 Å². The summed E-state index contributed by atoms with van der Waals surface area (Å²) >= 11 is 0. The molecule has 1 saturated carbocycles. The Morgan fingerprint density at radius 1 is 1.21 bits per heavy atom. The first-order valence-electron chi connectivity index (χ1n) is 6.93. The van der Waals surface area contributed by atoms with Gasteiger partial charge in [-0.3, -0.25) is 0 Å². The van der Waals surface area contributed by atoms with Crippen LogP contribution in [0.25, 0.3) is 0 Å². The molecule has 4 heteroatoms. The van der Waals surface area contributed by atoms with Crippen molar-refractivity contribution in [2.75, 3.05) is 0 Å². The van der Waals surface area contributed by atoms with Gasteiger partial charge < -0.3 is 5.73 Å². The maximum Gasteiger partial charge on any atom is 0.194 e. The van der Waals surface area contributed by atoms with Gasteiger partial charge in [-0.2, -0.15) is 0 Å². The number of rotatable bonds is 3. The molecule has 0 aliphatic heterocycles. The number of hydrogen-bond acceptors (Lipinski definition) is 1. The van der Waals surface area contributed by atoms with Crippen molar-refractivity contribution >= 4 is 0 Å². The van der Waals surface area contributed by atoms with Crippen molar-refractivity contribution in [3.8, 4) is 0 Å². The van der Waals surface area contributed by atoms with Crippen molar-refractivity contribution in [2.24, 2.45) is 17.6 Å². The lowest BCUT2D eigenvalue weighted by molar-refractivity contribution is 0.229. The molecule has 0 saturated heterocycles. The molecule has 0 aromatic heterocycles. The highest BCUT2D eigenvalue weighted by molar-refractivity contribution is 5.23. The van der Waals surface area contributed by atoms with Crippen molar-refractivity contribution in [3.63, 3.8) is 0 Å². The summed E-state index contributed by atoms with van der Waals surface area (Å²) in [5, 5.41) is 0. The Morgan fingerprint density at radius 2 is 1.84 bits per heavy atom. The zero-order valence-corrected chi connectivity index (χ0v) is 11.1. The molecule has 0 spiro atoms. The third-order valence-electron chi connectivity index (χ3n) is 4.30. The van der Waals surface area contributed by atoms with Crippen molar-refractivity contribution in [3.05, 3.63) is 35.1 Å². The second-order valence-electron chi connectivity index (χ2n) is 5.53. The molecule has 106 valence electrons. The van der Waals surface area contributed by atoms with E-state index in [0.29, 0.717) is 11.5 Å². The van der Waals surface area contributed by atoms with Gasteiger partial charge in [0, 0.05) is 6.04 Å². The van der Waals surface area contributed by atoms with E-state index in [-0.39, 0.29) is 5.92 Å². The van der Waals surface area contributed by atoms with E-state index >= 15 is 0 Å². The van der Waals surface area contributed by atoms with Crippen LogP contribution in [-0.2, 0) is 0 Å². The normalized spacial score (nSPS) is 25.3. The van der Waals surface area contributed by atoms with E-state index in [4.69, 9.17) is 5.73 Å². The van der Waals surface area contributed by atoms with Crippen LogP contribution < -0.4 is 5.73 Å². The summed E-state index contributed by atoms with van der Waals surface area (Å²) in [6.07, 6.45) is 5.36. The maximum absolute atomic E-state index is 13.2. The molecule has 3 atom stereocenters. The topological polar surface area (TPSA) is 26.0 Å². The molecule has 1 aliphatic rings. The van der Waals surface area contributed by atoms with Gasteiger partial charge in [0.2, 0.25) is 0 Å². The molecule has 0 heterocycles. The molecule has 1 nitrogen and oxygen atoms in total. The van der Waals surface area contributed by atoms with Crippen LogP contribution in [0.2, 0.25) is 0 Å². The molecular formula is C15H20F3N. The third-order valence-corrected chi connectivity index (χ3v) is 4.30. The standard InChI is InChI=1S/C15H20F3N/c1-2-9-4-3-5-10(6-9)15(19)11-7-12(16)14(18)13(17)8-11/h7-10,15H,2-6,19H2,1H3. The summed E-state index contributed by atoms with van der Waals surface area (Å²) in [6, 6.07) is 1.64. The molecule has 0 bridgehead atoms. The number of nitrogens with two attached hydrogens (primary N) is 1. The lowest BCUT2D eigenvalue weighted by atomic mass is 9.75. The monoisotopic (exact) mass is 271 g/mol. The Bertz CT molecular complexity index is 424. The van der Waals surface area contributed by atoms with Crippen molar-refractivity contribution in [1.29, 1.82) is 0 Å². The first-order chi connectivity index (χ1) is 9.02. The summed E-state index contributed by atoms with van der Waals surface area (Å²) < 4.78 is 39.4.